The Hall–Kier alpha value is -3.60. The van der Waals surface area contributed by atoms with Crippen molar-refractivity contribution >= 4 is 16.3 Å². The van der Waals surface area contributed by atoms with Crippen molar-refractivity contribution < 1.29 is 32.2 Å². The van der Waals surface area contributed by atoms with E-state index in [0.717, 1.165) is 22.4 Å². The molecule has 0 aromatic heterocycles. The molecule has 2 N–H and O–H groups in total. The maximum Gasteiger partial charge on any atom is 0.421 e. The number of methoxy groups -OCH3 is 1. The quantitative estimate of drug-likeness (QED) is 0.216. The molecule has 220 valence electrons. The predicted octanol–water partition coefficient (Wildman–Crippen LogP) is 4.98. The van der Waals surface area contributed by atoms with Crippen LogP contribution in [-0.2, 0) is 32.5 Å². The Morgan fingerprint density at radius 3 is 2.37 bits per heavy atom. The second kappa shape index (κ2) is 15.4. The fourth-order valence-electron chi connectivity index (χ4n) is 4.25. The summed E-state index contributed by atoms with van der Waals surface area (Å²) in [5, 5.41) is 0. The first kappa shape index (κ1) is 30.4. The smallest absolute Gasteiger partial charge is 0.421 e. The molecule has 0 radical (unpaired) electrons. The van der Waals surface area contributed by atoms with Gasteiger partial charge in [-0.25, -0.2) is 9.52 Å². The molecule has 41 heavy (non-hydrogen) atoms. The van der Waals surface area contributed by atoms with Crippen LogP contribution in [0, 0.1) is 5.92 Å². The van der Waals surface area contributed by atoms with Crippen LogP contribution in [0.15, 0.2) is 78.9 Å². The van der Waals surface area contributed by atoms with Crippen molar-refractivity contribution in [2.75, 3.05) is 33.5 Å². The maximum atomic E-state index is 12.8. The normalized spacial score (nSPS) is 13.8. The number of amides is 1. The summed E-state index contributed by atoms with van der Waals surface area (Å²) in [5.41, 5.74) is 2.71. The van der Waals surface area contributed by atoms with Gasteiger partial charge in [-0.05, 0) is 60.8 Å². The Labute approximate surface area is 242 Å². The van der Waals surface area contributed by atoms with Gasteiger partial charge in [0.1, 0.15) is 18.1 Å². The summed E-state index contributed by atoms with van der Waals surface area (Å²) in [5.74, 6) is 2.04. The minimum absolute atomic E-state index is 0.0433. The Morgan fingerprint density at radius 1 is 0.927 bits per heavy atom. The van der Waals surface area contributed by atoms with Gasteiger partial charge >= 0.3 is 16.3 Å². The molecule has 3 aromatic rings. The van der Waals surface area contributed by atoms with Crippen molar-refractivity contribution in [1.29, 1.82) is 0 Å². The van der Waals surface area contributed by atoms with Gasteiger partial charge in [-0.3, -0.25) is 0 Å². The van der Waals surface area contributed by atoms with Crippen molar-refractivity contribution in [1.82, 2.24) is 9.44 Å². The van der Waals surface area contributed by atoms with Crippen LogP contribution in [0.1, 0.15) is 42.0 Å². The molecule has 10 heteroatoms. The molecule has 0 bridgehead atoms. The number of benzene rings is 3. The zero-order valence-corrected chi connectivity index (χ0v) is 24.1. The first-order valence-corrected chi connectivity index (χ1v) is 15.3. The summed E-state index contributed by atoms with van der Waals surface area (Å²) in [4.78, 5) is 12.4. The number of carbonyl (C=O) groups excluding carboxylic acids is 1. The van der Waals surface area contributed by atoms with Crippen molar-refractivity contribution in [2.45, 2.75) is 38.1 Å². The number of hydrogen-bond donors (Lipinski definition) is 2. The van der Waals surface area contributed by atoms with Gasteiger partial charge in [-0.2, -0.15) is 13.1 Å². The highest BCUT2D eigenvalue weighted by molar-refractivity contribution is 7.88. The van der Waals surface area contributed by atoms with E-state index >= 15 is 0 Å². The lowest BCUT2D eigenvalue weighted by Gasteiger charge is -2.19. The van der Waals surface area contributed by atoms with Crippen LogP contribution >= 0.6 is 0 Å². The molecule has 0 heterocycles. The Bertz CT molecular complexity index is 1330. The van der Waals surface area contributed by atoms with E-state index in [1.54, 1.807) is 7.11 Å². The van der Waals surface area contributed by atoms with E-state index in [4.69, 9.17) is 18.9 Å². The van der Waals surface area contributed by atoms with Gasteiger partial charge in [-0.1, -0.05) is 66.7 Å². The monoisotopic (exact) mass is 582 g/mol. The summed E-state index contributed by atoms with van der Waals surface area (Å²) in [6.07, 6.45) is 2.82. The topological polar surface area (TPSA) is 112 Å². The first-order valence-electron chi connectivity index (χ1n) is 13.8. The van der Waals surface area contributed by atoms with E-state index in [2.05, 4.69) is 4.72 Å². The Balaban J connectivity index is 1.28. The molecule has 9 nitrogen and oxygen atoms in total. The van der Waals surface area contributed by atoms with E-state index in [1.807, 2.05) is 83.6 Å². The fraction of sp³-hybridized carbons (Fsp3) is 0.387. The number of nitrogens with one attached hydrogen (secondary N) is 2. The van der Waals surface area contributed by atoms with E-state index in [0.29, 0.717) is 50.8 Å². The summed E-state index contributed by atoms with van der Waals surface area (Å²) < 4.78 is 52.2. The van der Waals surface area contributed by atoms with Gasteiger partial charge in [0, 0.05) is 13.2 Å². The molecule has 4 rings (SSSR count). The molecule has 1 atom stereocenters. The maximum absolute atomic E-state index is 12.8. The van der Waals surface area contributed by atoms with Crippen LogP contribution < -0.4 is 18.9 Å². The van der Waals surface area contributed by atoms with Crippen LogP contribution in [0.2, 0.25) is 0 Å². The minimum Gasteiger partial charge on any atom is -0.493 e. The molecule has 1 unspecified atom stereocenters. The molecule has 1 fully saturated rings. The minimum atomic E-state index is -4.19. The molecule has 0 saturated heterocycles. The largest absolute Gasteiger partial charge is 0.493 e. The summed E-state index contributed by atoms with van der Waals surface area (Å²) in [6, 6.07) is 23.9. The third-order valence-corrected chi connectivity index (χ3v) is 7.62. The van der Waals surface area contributed by atoms with Gasteiger partial charge in [0.05, 0.1) is 25.9 Å². The number of ether oxygens (including phenoxy) is 4. The number of rotatable bonds is 17. The molecule has 1 amide bonds. The van der Waals surface area contributed by atoms with Crippen molar-refractivity contribution in [3.8, 4) is 11.5 Å². The van der Waals surface area contributed by atoms with Gasteiger partial charge < -0.3 is 18.9 Å². The Kier molecular flexibility index (Phi) is 11.4. The van der Waals surface area contributed by atoms with Gasteiger partial charge in [0.15, 0.2) is 0 Å². The first-order chi connectivity index (χ1) is 19.9. The SMILES string of the molecule is COCCOc1ccc(CCCOC(=O)NS(=O)(=O)NC(Cc2ccccc2)c2ccccc2)c(OCC2CC2)c1. The lowest BCUT2D eigenvalue weighted by atomic mass is 10.00. The lowest BCUT2D eigenvalue weighted by molar-refractivity contribution is 0.146. The van der Waals surface area contributed by atoms with Crippen LogP contribution in [0.5, 0.6) is 11.5 Å². The molecule has 1 saturated carbocycles. The highest BCUT2D eigenvalue weighted by Gasteiger charge is 2.24. The second-order valence-corrected chi connectivity index (χ2v) is 11.4. The molecule has 1 aliphatic rings. The average molecular weight is 583 g/mol. The van der Waals surface area contributed by atoms with E-state index in [-0.39, 0.29) is 6.61 Å². The van der Waals surface area contributed by atoms with Gasteiger partial charge in [0.2, 0.25) is 0 Å². The zero-order valence-electron chi connectivity index (χ0n) is 23.3. The van der Waals surface area contributed by atoms with E-state index in [9.17, 15) is 13.2 Å². The molecule has 3 aromatic carbocycles. The number of hydrogen-bond acceptors (Lipinski definition) is 7. The summed E-state index contributed by atoms with van der Waals surface area (Å²) in [7, 11) is -2.56. The highest BCUT2D eigenvalue weighted by Crippen LogP contribution is 2.32. The molecule has 1 aliphatic carbocycles. The highest BCUT2D eigenvalue weighted by atomic mass is 32.2. The van der Waals surface area contributed by atoms with Crippen LogP contribution in [0.25, 0.3) is 0 Å². The van der Waals surface area contributed by atoms with Crippen molar-refractivity contribution in [3.63, 3.8) is 0 Å². The standard InChI is InChI=1S/C31H38N2O7S/c1-37-19-20-38-28-17-16-27(30(22-28)40-23-25-14-15-25)13-8-18-39-31(34)33-41(35,36)32-29(26-11-6-3-7-12-26)21-24-9-4-2-5-10-24/h2-7,9-12,16-17,22,25,29,32H,8,13-15,18-21,23H2,1H3,(H,33,34). The second-order valence-electron chi connectivity index (χ2n) is 9.98. The third kappa shape index (κ3) is 10.7. The van der Waals surface area contributed by atoms with E-state index in [1.165, 1.54) is 12.8 Å². The van der Waals surface area contributed by atoms with Crippen LogP contribution in [0.3, 0.4) is 0 Å². The summed E-state index contributed by atoms with van der Waals surface area (Å²) >= 11 is 0. The molecule has 0 spiro atoms. The lowest BCUT2D eigenvalue weighted by Crippen LogP contribution is -2.42. The molecular weight excluding hydrogens is 544 g/mol. The van der Waals surface area contributed by atoms with Gasteiger partial charge in [-0.15, -0.1) is 0 Å². The van der Waals surface area contributed by atoms with Crippen LogP contribution in [0.4, 0.5) is 4.79 Å². The average Bonchev–Trinajstić information content (AvgIpc) is 3.80. The summed E-state index contributed by atoms with van der Waals surface area (Å²) in [6.45, 7) is 1.63. The van der Waals surface area contributed by atoms with E-state index < -0.39 is 22.3 Å². The fourth-order valence-corrected chi connectivity index (χ4v) is 5.18. The molecular formula is C31H38N2O7S. The Morgan fingerprint density at radius 2 is 1.66 bits per heavy atom. The van der Waals surface area contributed by atoms with Crippen molar-refractivity contribution in [2.24, 2.45) is 5.92 Å². The van der Waals surface area contributed by atoms with Crippen molar-refractivity contribution in [3.05, 3.63) is 95.6 Å². The zero-order chi connectivity index (χ0) is 28.9. The van der Waals surface area contributed by atoms with Crippen LogP contribution in [-0.4, -0.2) is 48.0 Å². The third-order valence-electron chi connectivity index (χ3n) is 6.59. The molecule has 0 aliphatic heterocycles. The predicted molar refractivity (Wildman–Crippen MR) is 156 cm³/mol. The number of aryl methyl sites for hydroxylation is 1. The number of carbonyl (C=O) groups is 1. The van der Waals surface area contributed by atoms with Gasteiger partial charge in [0.25, 0.3) is 0 Å².